The SMILES string of the molecule is COCCN1CC[C@@H](NC(=O)Nc2ccccc2)C1. The van der Waals surface area contributed by atoms with Crippen LogP contribution in [-0.4, -0.2) is 50.3 Å². The van der Waals surface area contributed by atoms with E-state index in [1.807, 2.05) is 30.3 Å². The first kappa shape index (κ1) is 13.8. The Bertz CT molecular complexity index is 397. The zero-order chi connectivity index (χ0) is 13.5. The molecule has 0 aromatic heterocycles. The molecular formula is C14H21N3O2. The van der Waals surface area contributed by atoms with Gasteiger partial charge in [0.25, 0.3) is 0 Å². The van der Waals surface area contributed by atoms with E-state index in [1.165, 1.54) is 0 Å². The van der Waals surface area contributed by atoms with Crippen molar-refractivity contribution in [2.75, 3.05) is 38.7 Å². The van der Waals surface area contributed by atoms with E-state index in [1.54, 1.807) is 7.11 Å². The van der Waals surface area contributed by atoms with E-state index >= 15 is 0 Å². The summed E-state index contributed by atoms with van der Waals surface area (Å²) in [5.41, 5.74) is 0.814. The van der Waals surface area contributed by atoms with Crippen LogP contribution in [0.2, 0.25) is 0 Å². The summed E-state index contributed by atoms with van der Waals surface area (Å²) in [5.74, 6) is 0. The molecule has 1 atom stereocenters. The van der Waals surface area contributed by atoms with Crippen LogP contribution in [0.25, 0.3) is 0 Å². The van der Waals surface area contributed by atoms with Crippen LogP contribution < -0.4 is 10.6 Å². The first-order valence-corrected chi connectivity index (χ1v) is 6.62. The standard InChI is InChI=1S/C14H21N3O2/c1-19-10-9-17-8-7-13(11-17)16-14(18)15-12-5-3-2-4-6-12/h2-6,13H,7-11H2,1H3,(H2,15,16,18)/t13-/m1/s1. The second-order valence-electron chi connectivity index (χ2n) is 4.74. The monoisotopic (exact) mass is 263 g/mol. The van der Waals surface area contributed by atoms with Gasteiger partial charge in [-0.1, -0.05) is 18.2 Å². The second-order valence-corrected chi connectivity index (χ2v) is 4.74. The van der Waals surface area contributed by atoms with Gasteiger partial charge in [-0.15, -0.1) is 0 Å². The molecule has 1 aliphatic rings. The Hall–Kier alpha value is -1.59. The van der Waals surface area contributed by atoms with Gasteiger partial charge in [-0.3, -0.25) is 4.90 Å². The van der Waals surface area contributed by atoms with Crippen molar-refractivity contribution in [2.45, 2.75) is 12.5 Å². The summed E-state index contributed by atoms with van der Waals surface area (Å²) < 4.78 is 5.06. The second kappa shape index (κ2) is 7.11. The highest BCUT2D eigenvalue weighted by molar-refractivity contribution is 5.89. The number of methoxy groups -OCH3 is 1. The number of carbonyl (C=O) groups excluding carboxylic acids is 1. The molecule has 5 nitrogen and oxygen atoms in total. The zero-order valence-corrected chi connectivity index (χ0v) is 11.3. The molecule has 2 N–H and O–H groups in total. The third kappa shape index (κ3) is 4.54. The Morgan fingerprint density at radius 3 is 2.95 bits per heavy atom. The van der Waals surface area contributed by atoms with Crippen LogP contribution >= 0.6 is 0 Å². The van der Waals surface area contributed by atoms with Gasteiger partial charge in [0.1, 0.15) is 0 Å². The van der Waals surface area contributed by atoms with Crippen molar-refractivity contribution >= 4 is 11.7 Å². The molecule has 0 saturated carbocycles. The Kier molecular flexibility index (Phi) is 5.18. The van der Waals surface area contributed by atoms with Crippen LogP contribution in [0.15, 0.2) is 30.3 Å². The lowest BCUT2D eigenvalue weighted by atomic mass is 10.3. The van der Waals surface area contributed by atoms with Crippen molar-refractivity contribution in [1.82, 2.24) is 10.2 Å². The molecule has 0 aliphatic carbocycles. The molecule has 1 aliphatic heterocycles. The van der Waals surface area contributed by atoms with E-state index < -0.39 is 0 Å². The minimum Gasteiger partial charge on any atom is -0.383 e. The summed E-state index contributed by atoms with van der Waals surface area (Å²) in [4.78, 5) is 14.1. The van der Waals surface area contributed by atoms with Gasteiger partial charge in [-0.25, -0.2) is 4.79 Å². The van der Waals surface area contributed by atoms with Crippen molar-refractivity contribution in [3.05, 3.63) is 30.3 Å². The molecule has 1 fully saturated rings. The number of likely N-dealkylation sites (tertiary alicyclic amines) is 1. The number of nitrogens with zero attached hydrogens (tertiary/aromatic N) is 1. The maximum Gasteiger partial charge on any atom is 0.319 e. The molecule has 19 heavy (non-hydrogen) atoms. The van der Waals surface area contributed by atoms with Gasteiger partial charge in [-0.05, 0) is 18.6 Å². The van der Waals surface area contributed by atoms with Crippen LogP contribution in [0, 0.1) is 0 Å². The fourth-order valence-electron chi connectivity index (χ4n) is 2.25. The van der Waals surface area contributed by atoms with E-state index in [4.69, 9.17) is 4.74 Å². The Labute approximate surface area is 113 Å². The Balaban J connectivity index is 1.72. The molecule has 2 amide bonds. The molecule has 0 spiro atoms. The minimum absolute atomic E-state index is 0.134. The third-order valence-corrected chi connectivity index (χ3v) is 3.25. The molecule has 0 bridgehead atoms. The van der Waals surface area contributed by atoms with E-state index in [2.05, 4.69) is 15.5 Å². The van der Waals surface area contributed by atoms with Crippen LogP contribution in [0.5, 0.6) is 0 Å². The van der Waals surface area contributed by atoms with Gasteiger partial charge in [0.2, 0.25) is 0 Å². The lowest BCUT2D eigenvalue weighted by Crippen LogP contribution is -2.40. The quantitative estimate of drug-likeness (QED) is 0.847. The van der Waals surface area contributed by atoms with Crippen LogP contribution in [0.1, 0.15) is 6.42 Å². The predicted molar refractivity (Wildman–Crippen MR) is 75.3 cm³/mol. The minimum atomic E-state index is -0.134. The first-order valence-electron chi connectivity index (χ1n) is 6.62. The van der Waals surface area contributed by atoms with Gasteiger partial charge in [0.05, 0.1) is 6.61 Å². The number of amides is 2. The highest BCUT2D eigenvalue weighted by atomic mass is 16.5. The highest BCUT2D eigenvalue weighted by Gasteiger charge is 2.23. The number of benzene rings is 1. The molecule has 1 aromatic carbocycles. The smallest absolute Gasteiger partial charge is 0.319 e. The molecule has 104 valence electrons. The van der Waals surface area contributed by atoms with E-state index in [9.17, 15) is 4.79 Å². The van der Waals surface area contributed by atoms with Crippen molar-refractivity contribution in [3.8, 4) is 0 Å². The van der Waals surface area contributed by atoms with Crippen molar-refractivity contribution in [1.29, 1.82) is 0 Å². The van der Waals surface area contributed by atoms with Crippen LogP contribution in [0.3, 0.4) is 0 Å². The number of ether oxygens (including phenoxy) is 1. The summed E-state index contributed by atoms with van der Waals surface area (Å²) >= 11 is 0. The number of hydrogen-bond donors (Lipinski definition) is 2. The normalized spacial score (nSPS) is 19.3. The van der Waals surface area contributed by atoms with Gasteiger partial charge >= 0.3 is 6.03 Å². The largest absolute Gasteiger partial charge is 0.383 e. The fourth-order valence-corrected chi connectivity index (χ4v) is 2.25. The number of carbonyl (C=O) groups is 1. The fraction of sp³-hybridized carbons (Fsp3) is 0.500. The zero-order valence-electron chi connectivity index (χ0n) is 11.3. The number of rotatable bonds is 5. The lowest BCUT2D eigenvalue weighted by Gasteiger charge is -2.16. The molecule has 0 unspecified atom stereocenters. The molecule has 1 aromatic rings. The molecular weight excluding hydrogens is 242 g/mol. The maximum absolute atomic E-state index is 11.8. The van der Waals surface area contributed by atoms with Crippen molar-refractivity contribution < 1.29 is 9.53 Å². The van der Waals surface area contributed by atoms with E-state index in [0.29, 0.717) is 0 Å². The van der Waals surface area contributed by atoms with E-state index in [0.717, 1.165) is 38.3 Å². The first-order chi connectivity index (χ1) is 9.28. The average Bonchev–Trinajstić information content (AvgIpc) is 2.85. The number of para-hydroxylation sites is 1. The number of anilines is 1. The van der Waals surface area contributed by atoms with Gasteiger partial charge in [0.15, 0.2) is 0 Å². The van der Waals surface area contributed by atoms with Crippen LogP contribution in [0.4, 0.5) is 10.5 Å². The highest BCUT2D eigenvalue weighted by Crippen LogP contribution is 2.09. The molecule has 1 heterocycles. The summed E-state index contributed by atoms with van der Waals surface area (Å²) in [5, 5.41) is 5.83. The predicted octanol–water partition coefficient (Wildman–Crippen LogP) is 1.53. The Morgan fingerprint density at radius 2 is 2.21 bits per heavy atom. The topological polar surface area (TPSA) is 53.6 Å². The summed E-state index contributed by atoms with van der Waals surface area (Å²) in [6.07, 6.45) is 0.992. The molecule has 1 saturated heterocycles. The number of nitrogens with one attached hydrogen (secondary N) is 2. The van der Waals surface area contributed by atoms with E-state index in [-0.39, 0.29) is 12.1 Å². The maximum atomic E-state index is 11.8. The van der Waals surface area contributed by atoms with Gasteiger partial charge in [-0.2, -0.15) is 0 Å². The molecule has 2 rings (SSSR count). The van der Waals surface area contributed by atoms with Crippen LogP contribution in [-0.2, 0) is 4.74 Å². The summed E-state index contributed by atoms with van der Waals surface area (Å²) in [6.45, 7) is 3.57. The average molecular weight is 263 g/mol. The summed E-state index contributed by atoms with van der Waals surface area (Å²) in [6, 6.07) is 9.56. The Morgan fingerprint density at radius 1 is 1.42 bits per heavy atom. The summed E-state index contributed by atoms with van der Waals surface area (Å²) in [7, 11) is 1.71. The van der Waals surface area contributed by atoms with Crippen molar-refractivity contribution in [3.63, 3.8) is 0 Å². The molecule has 0 radical (unpaired) electrons. The molecule has 5 heteroatoms. The number of urea groups is 1. The third-order valence-electron chi connectivity index (χ3n) is 3.25. The van der Waals surface area contributed by atoms with Crippen molar-refractivity contribution in [2.24, 2.45) is 0 Å². The lowest BCUT2D eigenvalue weighted by molar-refractivity contribution is 0.160. The van der Waals surface area contributed by atoms with Gasteiger partial charge in [0, 0.05) is 38.5 Å². The van der Waals surface area contributed by atoms with Gasteiger partial charge < -0.3 is 15.4 Å². The number of hydrogen-bond acceptors (Lipinski definition) is 3.